The number of methoxy groups -OCH3 is 2. The number of rotatable bonds is 8. The van der Waals surface area contributed by atoms with Gasteiger partial charge in [0.05, 0.1) is 20.8 Å². The van der Waals surface area contributed by atoms with Crippen LogP contribution in [-0.2, 0) is 6.54 Å². The molecule has 0 spiro atoms. The lowest BCUT2D eigenvalue weighted by atomic mass is 10.1. The van der Waals surface area contributed by atoms with Gasteiger partial charge in [-0.15, -0.1) is 0 Å². The van der Waals surface area contributed by atoms with Crippen molar-refractivity contribution in [2.24, 2.45) is 4.99 Å². The lowest BCUT2D eigenvalue weighted by molar-refractivity contribution is 0.223. The molecular weight excluding hydrogens is 342 g/mol. The van der Waals surface area contributed by atoms with E-state index in [2.05, 4.69) is 27.8 Å². The minimum Gasteiger partial charge on any atom is -0.497 e. The second-order valence-electron chi connectivity index (χ2n) is 6.23. The van der Waals surface area contributed by atoms with Crippen LogP contribution in [0.3, 0.4) is 0 Å². The maximum Gasteiger partial charge on any atom is 0.191 e. The van der Waals surface area contributed by atoms with Crippen LogP contribution in [0.15, 0.2) is 47.5 Å². The average molecular weight is 371 g/mol. The summed E-state index contributed by atoms with van der Waals surface area (Å²) in [6.45, 7) is 5.28. The Labute approximate surface area is 161 Å². The molecule has 2 aromatic carbocycles. The number of benzene rings is 2. The summed E-state index contributed by atoms with van der Waals surface area (Å²) in [7, 11) is 5.07. The molecule has 0 aliphatic carbocycles. The van der Waals surface area contributed by atoms with Crippen LogP contribution in [0.5, 0.6) is 17.2 Å². The molecule has 6 heteroatoms. The Morgan fingerprint density at radius 2 is 1.81 bits per heavy atom. The zero-order chi connectivity index (χ0) is 19.6. The van der Waals surface area contributed by atoms with Gasteiger partial charge in [0.1, 0.15) is 23.4 Å². The normalized spacial score (nSPS) is 12.3. The van der Waals surface area contributed by atoms with Crippen molar-refractivity contribution in [1.29, 1.82) is 0 Å². The number of ether oxygens (including phenoxy) is 3. The van der Waals surface area contributed by atoms with E-state index in [1.54, 1.807) is 21.3 Å². The van der Waals surface area contributed by atoms with Gasteiger partial charge in [-0.2, -0.15) is 0 Å². The van der Waals surface area contributed by atoms with E-state index >= 15 is 0 Å². The third-order valence-electron chi connectivity index (χ3n) is 4.05. The highest BCUT2D eigenvalue weighted by Crippen LogP contribution is 2.20. The lowest BCUT2D eigenvalue weighted by Crippen LogP contribution is -2.41. The molecule has 0 saturated heterocycles. The summed E-state index contributed by atoms with van der Waals surface area (Å²) in [4.78, 5) is 4.26. The second kappa shape index (κ2) is 10.3. The summed E-state index contributed by atoms with van der Waals surface area (Å²) in [5.74, 6) is 3.12. The van der Waals surface area contributed by atoms with Crippen molar-refractivity contribution >= 4 is 5.96 Å². The van der Waals surface area contributed by atoms with Crippen LogP contribution >= 0.6 is 0 Å². The van der Waals surface area contributed by atoms with Crippen LogP contribution in [0.4, 0.5) is 0 Å². The van der Waals surface area contributed by atoms with E-state index in [0.29, 0.717) is 19.0 Å². The van der Waals surface area contributed by atoms with Crippen molar-refractivity contribution < 1.29 is 14.2 Å². The van der Waals surface area contributed by atoms with Gasteiger partial charge in [-0.3, -0.25) is 4.99 Å². The molecule has 6 nitrogen and oxygen atoms in total. The second-order valence-corrected chi connectivity index (χ2v) is 6.23. The Morgan fingerprint density at radius 3 is 2.52 bits per heavy atom. The van der Waals surface area contributed by atoms with Crippen molar-refractivity contribution in [1.82, 2.24) is 10.6 Å². The number of guanidine groups is 1. The molecular formula is C21H29N3O3. The summed E-state index contributed by atoms with van der Waals surface area (Å²) in [5.41, 5.74) is 2.24. The number of aryl methyl sites for hydroxylation is 1. The van der Waals surface area contributed by atoms with Gasteiger partial charge >= 0.3 is 0 Å². The standard InChI is InChI=1S/C21H29N3O3/c1-15-9-10-17(20(11-15)26-5)14-24-21(22-3)23-13-16(2)27-19-8-6-7-18(12-19)25-4/h6-12,16H,13-14H2,1-5H3,(H2,22,23,24). The Balaban J connectivity index is 1.84. The van der Waals surface area contributed by atoms with Gasteiger partial charge in [0.2, 0.25) is 0 Å². The van der Waals surface area contributed by atoms with E-state index in [1.807, 2.05) is 44.2 Å². The van der Waals surface area contributed by atoms with E-state index in [-0.39, 0.29) is 6.10 Å². The molecule has 2 N–H and O–H groups in total. The Morgan fingerprint density at radius 1 is 1.04 bits per heavy atom. The minimum atomic E-state index is -0.0374. The topological polar surface area (TPSA) is 64.1 Å². The highest BCUT2D eigenvalue weighted by molar-refractivity contribution is 5.79. The van der Waals surface area contributed by atoms with Crippen molar-refractivity contribution in [2.75, 3.05) is 27.8 Å². The molecule has 0 bridgehead atoms. The molecule has 0 saturated carbocycles. The fourth-order valence-electron chi connectivity index (χ4n) is 2.59. The van der Waals surface area contributed by atoms with Gasteiger partial charge in [-0.05, 0) is 37.6 Å². The quantitative estimate of drug-likeness (QED) is 0.551. The first-order valence-electron chi connectivity index (χ1n) is 8.94. The summed E-state index contributed by atoms with van der Waals surface area (Å²) in [6.07, 6.45) is -0.0374. The molecule has 1 atom stereocenters. The predicted molar refractivity (Wildman–Crippen MR) is 109 cm³/mol. The molecule has 0 fully saturated rings. The molecule has 0 aliphatic rings. The zero-order valence-corrected chi connectivity index (χ0v) is 16.7. The third-order valence-corrected chi connectivity index (χ3v) is 4.05. The molecule has 2 rings (SSSR count). The Kier molecular flexibility index (Phi) is 7.79. The molecule has 0 aromatic heterocycles. The third kappa shape index (κ3) is 6.40. The number of aliphatic imine (C=N–C) groups is 1. The van der Waals surface area contributed by atoms with Crippen molar-refractivity contribution in [3.63, 3.8) is 0 Å². The van der Waals surface area contributed by atoms with Crippen LogP contribution in [0, 0.1) is 6.92 Å². The average Bonchev–Trinajstić information content (AvgIpc) is 2.68. The largest absolute Gasteiger partial charge is 0.497 e. The minimum absolute atomic E-state index is 0.0374. The lowest BCUT2D eigenvalue weighted by Gasteiger charge is -2.18. The molecule has 146 valence electrons. The Hall–Kier alpha value is -2.89. The number of nitrogens with zero attached hydrogens (tertiary/aromatic N) is 1. The fourth-order valence-corrected chi connectivity index (χ4v) is 2.59. The van der Waals surface area contributed by atoms with Crippen LogP contribution in [-0.4, -0.2) is 39.9 Å². The van der Waals surface area contributed by atoms with E-state index in [9.17, 15) is 0 Å². The summed E-state index contributed by atoms with van der Waals surface area (Å²) >= 11 is 0. The van der Waals surface area contributed by atoms with Crippen molar-refractivity contribution in [3.8, 4) is 17.2 Å². The maximum atomic E-state index is 5.92. The first-order valence-corrected chi connectivity index (χ1v) is 8.94. The van der Waals surface area contributed by atoms with Gasteiger partial charge in [-0.25, -0.2) is 0 Å². The fraction of sp³-hybridized carbons (Fsp3) is 0.381. The van der Waals surface area contributed by atoms with Gasteiger partial charge in [0, 0.05) is 25.2 Å². The van der Waals surface area contributed by atoms with Crippen LogP contribution in [0.2, 0.25) is 0 Å². The van der Waals surface area contributed by atoms with Crippen molar-refractivity contribution in [3.05, 3.63) is 53.6 Å². The van der Waals surface area contributed by atoms with Crippen LogP contribution < -0.4 is 24.8 Å². The molecule has 0 radical (unpaired) electrons. The first-order chi connectivity index (χ1) is 13.0. The molecule has 0 amide bonds. The van der Waals surface area contributed by atoms with E-state index in [1.165, 1.54) is 5.56 Å². The number of hydrogen-bond acceptors (Lipinski definition) is 4. The van der Waals surface area contributed by atoms with E-state index < -0.39 is 0 Å². The highest BCUT2D eigenvalue weighted by atomic mass is 16.5. The number of hydrogen-bond donors (Lipinski definition) is 2. The predicted octanol–water partition coefficient (Wildman–Crippen LogP) is 3.14. The van der Waals surface area contributed by atoms with Gasteiger partial charge in [0.15, 0.2) is 5.96 Å². The summed E-state index contributed by atoms with van der Waals surface area (Å²) in [6, 6.07) is 13.7. The molecule has 27 heavy (non-hydrogen) atoms. The maximum absolute atomic E-state index is 5.92. The summed E-state index contributed by atoms with van der Waals surface area (Å²) < 4.78 is 16.6. The van der Waals surface area contributed by atoms with E-state index in [0.717, 1.165) is 22.8 Å². The van der Waals surface area contributed by atoms with Crippen molar-refractivity contribution in [2.45, 2.75) is 26.5 Å². The zero-order valence-electron chi connectivity index (χ0n) is 16.7. The SMILES string of the molecule is CN=C(NCc1ccc(C)cc1OC)NCC(C)Oc1cccc(OC)c1. The van der Waals surface area contributed by atoms with E-state index in [4.69, 9.17) is 14.2 Å². The molecule has 1 unspecified atom stereocenters. The van der Waals surface area contributed by atoms with Gasteiger partial charge in [0.25, 0.3) is 0 Å². The van der Waals surface area contributed by atoms with Crippen LogP contribution in [0.1, 0.15) is 18.1 Å². The smallest absolute Gasteiger partial charge is 0.191 e. The number of nitrogens with one attached hydrogen (secondary N) is 2. The monoisotopic (exact) mass is 371 g/mol. The first kappa shape index (κ1) is 20.4. The van der Waals surface area contributed by atoms with Gasteiger partial charge in [-0.1, -0.05) is 18.2 Å². The van der Waals surface area contributed by atoms with Crippen LogP contribution in [0.25, 0.3) is 0 Å². The molecule has 2 aromatic rings. The highest BCUT2D eigenvalue weighted by Gasteiger charge is 2.08. The molecule has 0 heterocycles. The van der Waals surface area contributed by atoms with Gasteiger partial charge < -0.3 is 24.8 Å². The Bertz CT molecular complexity index is 762. The summed E-state index contributed by atoms with van der Waals surface area (Å²) in [5, 5.41) is 6.58. The molecule has 0 aliphatic heterocycles.